The lowest BCUT2D eigenvalue weighted by Gasteiger charge is -2.27. The van der Waals surface area contributed by atoms with Gasteiger partial charge in [-0.25, -0.2) is 9.07 Å². The summed E-state index contributed by atoms with van der Waals surface area (Å²) < 4.78 is 22.4. The van der Waals surface area contributed by atoms with Crippen LogP contribution in [0.15, 0.2) is 42.6 Å². The monoisotopic (exact) mass is 486 g/mol. The highest BCUT2D eigenvalue weighted by molar-refractivity contribution is 5.80. The van der Waals surface area contributed by atoms with Gasteiger partial charge in [0.25, 0.3) is 0 Å². The molecule has 0 radical (unpaired) electrons. The van der Waals surface area contributed by atoms with E-state index < -0.39 is 5.82 Å². The third-order valence-corrected chi connectivity index (χ3v) is 7.14. The van der Waals surface area contributed by atoms with Crippen LogP contribution < -0.4 is 19.9 Å². The first-order valence-electron chi connectivity index (χ1n) is 12.2. The summed E-state index contributed by atoms with van der Waals surface area (Å²) in [6.45, 7) is 1.19. The Morgan fingerprint density at radius 1 is 1.28 bits per heavy atom. The number of aromatic nitrogens is 2. The Bertz CT molecular complexity index is 1370. The van der Waals surface area contributed by atoms with E-state index in [1.807, 2.05) is 37.0 Å². The minimum atomic E-state index is -0.441. The number of rotatable bonds is 6. The number of nitriles is 1. The Morgan fingerprint density at radius 3 is 2.86 bits per heavy atom. The van der Waals surface area contributed by atoms with Crippen molar-refractivity contribution in [3.05, 3.63) is 76.4 Å². The van der Waals surface area contributed by atoms with Crippen molar-refractivity contribution in [3.8, 4) is 11.8 Å². The van der Waals surface area contributed by atoms with Gasteiger partial charge in [-0.3, -0.25) is 0 Å². The van der Waals surface area contributed by atoms with Gasteiger partial charge in [0.05, 0.1) is 24.2 Å². The predicted molar refractivity (Wildman–Crippen MR) is 140 cm³/mol. The van der Waals surface area contributed by atoms with Crippen molar-refractivity contribution in [2.24, 2.45) is 0 Å². The lowest BCUT2D eigenvalue weighted by Crippen LogP contribution is -2.34. The maximum absolute atomic E-state index is 15.0. The molecule has 7 nitrogen and oxygen atoms in total. The molecule has 0 bridgehead atoms. The second-order valence-corrected chi connectivity index (χ2v) is 9.66. The number of likely N-dealkylation sites (N-methyl/N-ethyl adjacent to an activating group) is 1. The first-order valence-corrected chi connectivity index (χ1v) is 12.2. The third kappa shape index (κ3) is 4.31. The molecule has 36 heavy (non-hydrogen) atoms. The standard InChI is InChI=1S/C28H31FN6O/c1-33(2)25-9-5-18(28(29)23(25)15-30)16-31-20-6-8-24-19(13-20)17-35(32-24)27-11-12-34(3)26-10-7-21(36-4)14-22(26)27/h5,7,9-11,14,17,20,31H,6,8,12-13,16H2,1-4H3. The first-order chi connectivity index (χ1) is 17.4. The second kappa shape index (κ2) is 9.67. The summed E-state index contributed by atoms with van der Waals surface area (Å²) in [4.78, 5) is 3.97. The molecule has 0 fully saturated rings. The maximum atomic E-state index is 15.0. The number of halogens is 1. The van der Waals surface area contributed by atoms with Crippen LogP contribution in [0.1, 0.15) is 34.4 Å². The molecule has 0 amide bonds. The number of hydrogen-bond acceptors (Lipinski definition) is 6. The SMILES string of the molecule is COc1ccc2c(c1)C(n1cc3c(n1)CCC(NCc1ccc(N(C)C)c(C#N)c1F)C3)=CCN2C. The number of nitrogens with one attached hydrogen (secondary N) is 1. The van der Waals surface area contributed by atoms with Crippen molar-refractivity contribution in [1.29, 1.82) is 5.26 Å². The number of ether oxygens (including phenoxy) is 1. The number of fused-ring (bicyclic) bond motifs is 2. The molecule has 2 heterocycles. The van der Waals surface area contributed by atoms with E-state index in [0.29, 0.717) is 17.8 Å². The molecule has 1 aromatic heterocycles. The highest BCUT2D eigenvalue weighted by atomic mass is 19.1. The van der Waals surface area contributed by atoms with Gasteiger partial charge >= 0.3 is 0 Å². The number of aryl methyl sites for hydroxylation is 1. The second-order valence-electron chi connectivity index (χ2n) is 9.66. The number of hydrogen-bond donors (Lipinski definition) is 1. The smallest absolute Gasteiger partial charge is 0.147 e. The molecule has 3 aromatic rings. The fraction of sp³-hybridized carbons (Fsp3) is 0.357. The summed E-state index contributed by atoms with van der Waals surface area (Å²) in [5.74, 6) is 0.380. The van der Waals surface area contributed by atoms with Crippen molar-refractivity contribution >= 4 is 17.1 Å². The van der Waals surface area contributed by atoms with Gasteiger partial charge in [-0.15, -0.1) is 0 Å². The van der Waals surface area contributed by atoms with Crippen LogP contribution >= 0.6 is 0 Å². The van der Waals surface area contributed by atoms with E-state index in [1.165, 1.54) is 5.56 Å². The molecule has 5 rings (SSSR count). The van der Waals surface area contributed by atoms with Crippen molar-refractivity contribution in [1.82, 2.24) is 15.1 Å². The van der Waals surface area contributed by atoms with Gasteiger partial charge in [0, 0.05) is 63.3 Å². The Balaban J connectivity index is 1.32. The van der Waals surface area contributed by atoms with Crippen molar-refractivity contribution in [2.45, 2.75) is 31.8 Å². The van der Waals surface area contributed by atoms with Crippen molar-refractivity contribution in [2.75, 3.05) is 44.6 Å². The Labute approximate surface area is 211 Å². The average Bonchev–Trinajstić information content (AvgIpc) is 3.30. The fourth-order valence-electron chi connectivity index (χ4n) is 5.11. The van der Waals surface area contributed by atoms with Gasteiger partial charge < -0.3 is 19.9 Å². The number of anilines is 2. The van der Waals surface area contributed by atoms with Crippen LogP contribution in [0, 0.1) is 17.1 Å². The molecule has 186 valence electrons. The predicted octanol–water partition coefficient (Wildman–Crippen LogP) is 3.95. The lowest BCUT2D eigenvalue weighted by atomic mass is 9.93. The average molecular weight is 487 g/mol. The summed E-state index contributed by atoms with van der Waals surface area (Å²) in [5.41, 5.74) is 6.84. The minimum absolute atomic E-state index is 0.0924. The van der Waals surface area contributed by atoms with Gasteiger partial charge in [-0.2, -0.15) is 10.4 Å². The minimum Gasteiger partial charge on any atom is -0.497 e. The zero-order chi connectivity index (χ0) is 25.4. The summed E-state index contributed by atoms with van der Waals surface area (Å²) >= 11 is 0. The van der Waals surface area contributed by atoms with Crippen LogP contribution in [0.2, 0.25) is 0 Å². The molecular formula is C28H31FN6O. The number of nitrogens with zero attached hydrogens (tertiary/aromatic N) is 5. The van der Waals surface area contributed by atoms with E-state index >= 15 is 0 Å². The third-order valence-electron chi connectivity index (χ3n) is 7.14. The molecule has 2 aliphatic rings. The summed E-state index contributed by atoms with van der Waals surface area (Å²) in [6, 6.07) is 11.9. The molecule has 1 aliphatic carbocycles. The number of methoxy groups -OCH3 is 1. The molecule has 1 N–H and O–H groups in total. The van der Waals surface area contributed by atoms with Gasteiger partial charge in [0.1, 0.15) is 23.2 Å². The van der Waals surface area contributed by atoms with Gasteiger partial charge in [-0.1, -0.05) is 6.07 Å². The van der Waals surface area contributed by atoms with Crippen LogP contribution in [-0.2, 0) is 19.4 Å². The molecule has 8 heteroatoms. The molecule has 2 aromatic carbocycles. The van der Waals surface area contributed by atoms with E-state index in [0.717, 1.165) is 54.2 Å². The van der Waals surface area contributed by atoms with Crippen molar-refractivity contribution in [3.63, 3.8) is 0 Å². The summed E-state index contributed by atoms with van der Waals surface area (Å²) in [5, 5.41) is 17.9. The van der Waals surface area contributed by atoms with E-state index in [2.05, 4.69) is 41.7 Å². The summed E-state index contributed by atoms with van der Waals surface area (Å²) in [6.07, 6.45) is 6.95. The Kier molecular flexibility index (Phi) is 6.42. The molecule has 1 atom stereocenters. The topological polar surface area (TPSA) is 69.3 Å². The van der Waals surface area contributed by atoms with Crippen LogP contribution in [0.4, 0.5) is 15.8 Å². The molecule has 0 saturated carbocycles. The maximum Gasteiger partial charge on any atom is 0.147 e. The van der Waals surface area contributed by atoms with Crippen LogP contribution in [0.25, 0.3) is 5.70 Å². The summed E-state index contributed by atoms with van der Waals surface area (Å²) in [7, 11) is 7.38. The van der Waals surface area contributed by atoms with Crippen LogP contribution in [-0.4, -0.2) is 50.6 Å². The number of benzene rings is 2. The zero-order valence-corrected chi connectivity index (χ0v) is 21.2. The molecule has 0 saturated heterocycles. The van der Waals surface area contributed by atoms with Crippen molar-refractivity contribution < 1.29 is 9.13 Å². The van der Waals surface area contributed by atoms with Gasteiger partial charge in [0.15, 0.2) is 0 Å². The van der Waals surface area contributed by atoms with Gasteiger partial charge in [0.2, 0.25) is 0 Å². The first kappa shape index (κ1) is 23.9. The zero-order valence-electron chi connectivity index (χ0n) is 21.2. The largest absolute Gasteiger partial charge is 0.497 e. The quantitative estimate of drug-likeness (QED) is 0.569. The van der Waals surface area contributed by atoms with Gasteiger partial charge in [-0.05, 0) is 55.2 Å². The van der Waals surface area contributed by atoms with E-state index in [4.69, 9.17) is 9.84 Å². The lowest BCUT2D eigenvalue weighted by molar-refractivity contribution is 0.414. The van der Waals surface area contributed by atoms with E-state index in [1.54, 1.807) is 18.1 Å². The molecular weight excluding hydrogens is 455 g/mol. The van der Waals surface area contributed by atoms with Crippen LogP contribution in [0.5, 0.6) is 5.75 Å². The normalized spacial score (nSPS) is 16.6. The highest BCUT2D eigenvalue weighted by Crippen LogP contribution is 2.35. The molecule has 0 spiro atoms. The highest BCUT2D eigenvalue weighted by Gasteiger charge is 2.25. The Hall–Kier alpha value is -3.83. The molecule has 1 unspecified atom stereocenters. The van der Waals surface area contributed by atoms with E-state index in [9.17, 15) is 9.65 Å². The Morgan fingerprint density at radius 2 is 2.11 bits per heavy atom. The van der Waals surface area contributed by atoms with E-state index in [-0.39, 0.29) is 11.6 Å². The van der Waals surface area contributed by atoms with Crippen LogP contribution in [0.3, 0.4) is 0 Å². The fourth-order valence-corrected chi connectivity index (χ4v) is 5.11. The molecule has 1 aliphatic heterocycles.